The maximum atomic E-state index is 12.2. The van der Waals surface area contributed by atoms with Gasteiger partial charge in [0, 0.05) is 37.1 Å². The Kier molecular flexibility index (Phi) is 4.79. The molecular weight excluding hydrogens is 300 g/mol. The fraction of sp³-hybridized carbons (Fsp3) is 0.263. The quantitative estimate of drug-likeness (QED) is 0.758. The van der Waals surface area contributed by atoms with Crippen molar-refractivity contribution in [1.29, 1.82) is 0 Å². The van der Waals surface area contributed by atoms with Crippen LogP contribution in [0.2, 0.25) is 0 Å². The number of carbonyl (C=O) groups is 1. The minimum Gasteiger partial charge on any atom is -0.354 e. The van der Waals surface area contributed by atoms with Gasteiger partial charge in [-0.1, -0.05) is 18.2 Å². The fourth-order valence-corrected chi connectivity index (χ4v) is 2.68. The molecule has 5 heteroatoms. The van der Waals surface area contributed by atoms with Crippen molar-refractivity contribution >= 4 is 5.91 Å². The number of aryl methyl sites for hydroxylation is 2. The summed E-state index contributed by atoms with van der Waals surface area (Å²) in [5.74, 6) is 0.0520. The molecule has 124 valence electrons. The molecule has 5 nitrogen and oxygen atoms in total. The van der Waals surface area contributed by atoms with E-state index in [1.807, 2.05) is 78.1 Å². The number of amides is 1. The summed E-state index contributed by atoms with van der Waals surface area (Å²) >= 11 is 0. The average Bonchev–Trinajstić information content (AvgIpc) is 3.23. The molecule has 3 aromatic rings. The zero-order valence-electron chi connectivity index (χ0n) is 14.0. The Labute approximate surface area is 141 Å². The van der Waals surface area contributed by atoms with Gasteiger partial charge in [0.2, 0.25) is 5.91 Å². The summed E-state index contributed by atoms with van der Waals surface area (Å²) in [5, 5.41) is 7.42. The standard InChI is InChI=1S/C19H22N4O/c1-15(21-19(24)11-10-17-9-6-12-22(17)2)16-13-20-23(14-16)18-7-4-3-5-8-18/h3-9,12-15H,10-11H2,1-2H3,(H,21,24)/t15-/m1/s1. The maximum absolute atomic E-state index is 12.2. The Morgan fingerprint density at radius 2 is 2.00 bits per heavy atom. The first-order chi connectivity index (χ1) is 11.6. The Morgan fingerprint density at radius 3 is 2.71 bits per heavy atom. The van der Waals surface area contributed by atoms with Gasteiger partial charge in [-0.2, -0.15) is 5.10 Å². The molecule has 0 fully saturated rings. The number of rotatable bonds is 6. The largest absolute Gasteiger partial charge is 0.354 e. The van der Waals surface area contributed by atoms with E-state index < -0.39 is 0 Å². The highest BCUT2D eigenvalue weighted by Crippen LogP contribution is 2.14. The molecular formula is C19H22N4O. The second-order valence-corrected chi connectivity index (χ2v) is 5.95. The molecule has 1 aromatic carbocycles. The Bertz CT molecular complexity index is 804. The molecule has 0 radical (unpaired) electrons. The van der Waals surface area contributed by atoms with Crippen molar-refractivity contribution in [2.45, 2.75) is 25.8 Å². The van der Waals surface area contributed by atoms with Crippen molar-refractivity contribution in [1.82, 2.24) is 19.7 Å². The van der Waals surface area contributed by atoms with E-state index in [4.69, 9.17) is 0 Å². The molecule has 2 aromatic heterocycles. The van der Waals surface area contributed by atoms with Crippen LogP contribution >= 0.6 is 0 Å². The number of hydrogen-bond acceptors (Lipinski definition) is 2. The third-order valence-electron chi connectivity index (χ3n) is 4.16. The number of benzene rings is 1. The Balaban J connectivity index is 1.57. The van der Waals surface area contributed by atoms with E-state index in [1.54, 1.807) is 6.20 Å². The van der Waals surface area contributed by atoms with Crippen LogP contribution in [0.1, 0.15) is 30.6 Å². The van der Waals surface area contributed by atoms with Crippen LogP contribution in [0.4, 0.5) is 0 Å². The second-order valence-electron chi connectivity index (χ2n) is 5.95. The number of para-hydroxylation sites is 1. The van der Waals surface area contributed by atoms with E-state index in [0.29, 0.717) is 6.42 Å². The topological polar surface area (TPSA) is 51.9 Å². The molecule has 1 N–H and O–H groups in total. The molecule has 0 aliphatic heterocycles. The molecule has 0 bridgehead atoms. The molecule has 0 saturated carbocycles. The normalized spacial score (nSPS) is 12.1. The van der Waals surface area contributed by atoms with Crippen molar-refractivity contribution < 1.29 is 4.79 Å². The van der Waals surface area contributed by atoms with Gasteiger partial charge in [-0.15, -0.1) is 0 Å². The van der Waals surface area contributed by atoms with Crippen LogP contribution < -0.4 is 5.32 Å². The molecule has 0 unspecified atom stereocenters. The summed E-state index contributed by atoms with van der Waals surface area (Å²) < 4.78 is 3.86. The van der Waals surface area contributed by atoms with Crippen molar-refractivity contribution in [3.8, 4) is 5.69 Å². The zero-order chi connectivity index (χ0) is 16.9. The highest BCUT2D eigenvalue weighted by atomic mass is 16.1. The van der Waals surface area contributed by atoms with Gasteiger partial charge in [-0.3, -0.25) is 4.79 Å². The summed E-state index contributed by atoms with van der Waals surface area (Å²) in [6, 6.07) is 13.9. The number of nitrogens with one attached hydrogen (secondary N) is 1. The number of carbonyl (C=O) groups excluding carboxylic acids is 1. The van der Waals surface area contributed by atoms with Crippen molar-refractivity contribution in [2.24, 2.45) is 7.05 Å². The molecule has 3 rings (SSSR count). The van der Waals surface area contributed by atoms with Crippen LogP contribution in [-0.2, 0) is 18.3 Å². The molecule has 0 saturated heterocycles. The van der Waals surface area contributed by atoms with Crippen LogP contribution in [-0.4, -0.2) is 20.3 Å². The van der Waals surface area contributed by atoms with Gasteiger partial charge in [0.15, 0.2) is 0 Å². The molecule has 2 heterocycles. The van der Waals surface area contributed by atoms with E-state index in [9.17, 15) is 4.79 Å². The third-order valence-corrected chi connectivity index (χ3v) is 4.16. The lowest BCUT2D eigenvalue weighted by molar-refractivity contribution is -0.121. The van der Waals surface area contributed by atoms with E-state index in [0.717, 1.165) is 23.4 Å². The van der Waals surface area contributed by atoms with E-state index in [1.165, 1.54) is 0 Å². The van der Waals surface area contributed by atoms with Gasteiger partial charge in [0.05, 0.1) is 17.9 Å². The molecule has 0 aliphatic rings. The lowest BCUT2D eigenvalue weighted by Gasteiger charge is -2.12. The van der Waals surface area contributed by atoms with Crippen molar-refractivity contribution in [3.05, 3.63) is 72.3 Å². The van der Waals surface area contributed by atoms with E-state index in [2.05, 4.69) is 10.4 Å². The summed E-state index contributed by atoms with van der Waals surface area (Å²) in [6.07, 6.45) is 6.97. The smallest absolute Gasteiger partial charge is 0.220 e. The molecule has 0 spiro atoms. The summed E-state index contributed by atoms with van der Waals surface area (Å²) in [4.78, 5) is 12.2. The first kappa shape index (κ1) is 16.1. The maximum Gasteiger partial charge on any atom is 0.220 e. The minimum atomic E-state index is -0.0663. The lowest BCUT2D eigenvalue weighted by atomic mass is 10.1. The summed E-state index contributed by atoms with van der Waals surface area (Å²) in [7, 11) is 1.99. The van der Waals surface area contributed by atoms with Gasteiger partial charge in [0.25, 0.3) is 0 Å². The van der Waals surface area contributed by atoms with Crippen LogP contribution in [0, 0.1) is 0 Å². The highest BCUT2D eigenvalue weighted by molar-refractivity contribution is 5.76. The monoisotopic (exact) mass is 322 g/mol. The van der Waals surface area contributed by atoms with E-state index >= 15 is 0 Å². The van der Waals surface area contributed by atoms with Crippen LogP contribution in [0.3, 0.4) is 0 Å². The molecule has 1 atom stereocenters. The first-order valence-corrected chi connectivity index (χ1v) is 8.13. The van der Waals surface area contributed by atoms with E-state index in [-0.39, 0.29) is 11.9 Å². The Hall–Kier alpha value is -2.82. The predicted molar refractivity (Wildman–Crippen MR) is 93.9 cm³/mol. The number of aromatic nitrogens is 3. The number of hydrogen-bond donors (Lipinski definition) is 1. The van der Waals surface area contributed by atoms with Crippen molar-refractivity contribution in [2.75, 3.05) is 0 Å². The van der Waals surface area contributed by atoms with Gasteiger partial charge in [-0.05, 0) is 37.6 Å². The van der Waals surface area contributed by atoms with Gasteiger partial charge < -0.3 is 9.88 Å². The van der Waals surface area contributed by atoms with Crippen LogP contribution in [0.15, 0.2) is 61.1 Å². The molecule has 0 aliphatic carbocycles. The Morgan fingerprint density at radius 1 is 1.21 bits per heavy atom. The average molecular weight is 322 g/mol. The van der Waals surface area contributed by atoms with Crippen molar-refractivity contribution in [3.63, 3.8) is 0 Å². The number of nitrogens with zero attached hydrogens (tertiary/aromatic N) is 3. The highest BCUT2D eigenvalue weighted by Gasteiger charge is 2.12. The van der Waals surface area contributed by atoms with Gasteiger partial charge in [0.1, 0.15) is 0 Å². The van der Waals surface area contributed by atoms with Crippen LogP contribution in [0.5, 0.6) is 0 Å². The third kappa shape index (κ3) is 3.74. The molecule has 24 heavy (non-hydrogen) atoms. The SMILES string of the molecule is C[C@@H](NC(=O)CCc1cccn1C)c1cnn(-c2ccccc2)c1. The van der Waals surface area contributed by atoms with Gasteiger partial charge in [-0.25, -0.2) is 4.68 Å². The minimum absolute atomic E-state index is 0.0520. The van der Waals surface area contributed by atoms with Crippen LogP contribution in [0.25, 0.3) is 5.69 Å². The first-order valence-electron chi connectivity index (χ1n) is 8.13. The fourth-order valence-electron chi connectivity index (χ4n) is 2.68. The predicted octanol–water partition coefficient (Wildman–Crippen LogP) is 3.02. The molecule has 1 amide bonds. The summed E-state index contributed by atoms with van der Waals surface area (Å²) in [5.41, 5.74) is 3.16. The lowest BCUT2D eigenvalue weighted by Crippen LogP contribution is -2.26. The zero-order valence-corrected chi connectivity index (χ0v) is 14.0. The van der Waals surface area contributed by atoms with Gasteiger partial charge >= 0.3 is 0 Å². The summed E-state index contributed by atoms with van der Waals surface area (Å²) in [6.45, 7) is 1.98. The second kappa shape index (κ2) is 7.17.